The molecule has 0 saturated carbocycles. The highest BCUT2D eigenvalue weighted by atomic mass is 79.9. The number of benzene rings is 1. The Kier molecular flexibility index (Phi) is 4.20. The number of anilines is 1. The first kappa shape index (κ1) is 14.8. The van der Waals surface area contributed by atoms with E-state index in [1.165, 1.54) is 20.5 Å². The Bertz CT molecular complexity index is 800. The summed E-state index contributed by atoms with van der Waals surface area (Å²) >= 11 is 11.2. The largest absolute Gasteiger partial charge is 0.376 e. The van der Waals surface area contributed by atoms with Crippen molar-refractivity contribution >= 4 is 54.6 Å². The van der Waals surface area contributed by atoms with Crippen LogP contribution in [0.2, 0.25) is 5.15 Å². The molecule has 2 aromatic heterocycles. The summed E-state index contributed by atoms with van der Waals surface area (Å²) in [6, 6.07) is 10.7. The Morgan fingerprint density at radius 1 is 1.33 bits per heavy atom. The highest BCUT2D eigenvalue weighted by Gasteiger charge is 2.14. The Labute approximate surface area is 141 Å². The van der Waals surface area contributed by atoms with Crippen molar-refractivity contribution in [3.8, 4) is 0 Å². The summed E-state index contributed by atoms with van der Waals surface area (Å²) in [6.45, 7) is 4.35. The van der Waals surface area contributed by atoms with Crippen molar-refractivity contribution < 1.29 is 0 Å². The number of hydrogen-bond donors (Lipinski definition) is 1. The van der Waals surface area contributed by atoms with E-state index in [0.717, 1.165) is 10.2 Å². The minimum absolute atomic E-state index is 0.220. The van der Waals surface area contributed by atoms with Crippen molar-refractivity contribution in [2.75, 3.05) is 5.32 Å². The second-order valence-corrected chi connectivity index (χ2v) is 7.25. The van der Waals surface area contributed by atoms with Crippen LogP contribution in [0.5, 0.6) is 0 Å². The second kappa shape index (κ2) is 5.95. The van der Waals surface area contributed by atoms with Gasteiger partial charge in [-0.1, -0.05) is 29.8 Å². The summed E-state index contributed by atoms with van der Waals surface area (Å²) in [5.41, 5.74) is 2.30. The lowest BCUT2D eigenvalue weighted by molar-refractivity contribution is 0.898. The molecule has 0 fully saturated rings. The lowest BCUT2D eigenvalue weighted by Gasteiger charge is -2.15. The van der Waals surface area contributed by atoms with Gasteiger partial charge in [0.2, 0.25) is 0 Å². The number of halogens is 2. The minimum Gasteiger partial charge on any atom is -0.376 e. The summed E-state index contributed by atoms with van der Waals surface area (Å²) < 4.78 is 2.13. The van der Waals surface area contributed by atoms with E-state index in [0.29, 0.717) is 5.15 Å². The smallest absolute Gasteiger partial charge is 0.143 e. The van der Waals surface area contributed by atoms with E-state index in [9.17, 15) is 0 Å². The average Bonchev–Trinajstić information content (AvgIpc) is 2.81. The van der Waals surface area contributed by atoms with Gasteiger partial charge in [0, 0.05) is 9.58 Å². The van der Waals surface area contributed by atoms with E-state index in [1.54, 1.807) is 6.20 Å². The first-order valence-electron chi connectivity index (χ1n) is 6.62. The maximum Gasteiger partial charge on any atom is 0.143 e. The third kappa shape index (κ3) is 2.93. The summed E-state index contributed by atoms with van der Waals surface area (Å²) in [6.07, 6.45) is 1.76. The minimum atomic E-state index is 0.220. The molecule has 0 aliphatic carbocycles. The van der Waals surface area contributed by atoms with Crippen LogP contribution in [0.3, 0.4) is 0 Å². The molecule has 108 valence electrons. The number of nitrogens with one attached hydrogen (secondary N) is 1. The van der Waals surface area contributed by atoms with Crippen molar-refractivity contribution in [2.45, 2.75) is 19.9 Å². The van der Waals surface area contributed by atoms with E-state index in [2.05, 4.69) is 64.3 Å². The topological polar surface area (TPSA) is 24.9 Å². The summed E-state index contributed by atoms with van der Waals surface area (Å²) in [7, 11) is 0. The number of nitrogens with zero attached hydrogens (tertiary/aromatic N) is 1. The predicted molar refractivity (Wildman–Crippen MR) is 95.5 cm³/mol. The fraction of sp³-hybridized carbons (Fsp3) is 0.188. The lowest BCUT2D eigenvalue weighted by Crippen LogP contribution is -2.06. The van der Waals surface area contributed by atoms with Crippen LogP contribution >= 0.6 is 38.9 Å². The highest BCUT2D eigenvalue weighted by Crippen LogP contribution is 2.36. The zero-order chi connectivity index (χ0) is 15.0. The highest BCUT2D eigenvalue weighted by molar-refractivity contribution is 9.10. The average molecular weight is 382 g/mol. The molecule has 1 N–H and O–H groups in total. The number of hydrogen-bond acceptors (Lipinski definition) is 3. The Balaban J connectivity index is 1.91. The molecule has 0 aliphatic rings. The summed E-state index contributed by atoms with van der Waals surface area (Å²) in [4.78, 5) is 5.50. The third-order valence-corrected chi connectivity index (χ3v) is 6.04. The van der Waals surface area contributed by atoms with Crippen molar-refractivity contribution in [3.05, 3.63) is 56.6 Å². The van der Waals surface area contributed by atoms with E-state index in [4.69, 9.17) is 11.6 Å². The van der Waals surface area contributed by atoms with Crippen molar-refractivity contribution in [2.24, 2.45) is 0 Å². The monoisotopic (exact) mass is 380 g/mol. The molecular formula is C16H14BrClN2S. The van der Waals surface area contributed by atoms with Crippen LogP contribution in [0.1, 0.15) is 23.4 Å². The van der Waals surface area contributed by atoms with Crippen molar-refractivity contribution in [1.29, 1.82) is 0 Å². The molecule has 0 amide bonds. The van der Waals surface area contributed by atoms with Gasteiger partial charge in [-0.05, 0) is 52.9 Å². The molecule has 2 heterocycles. The Morgan fingerprint density at radius 3 is 2.81 bits per heavy atom. The molecule has 3 aromatic rings. The maximum absolute atomic E-state index is 5.93. The first-order valence-corrected chi connectivity index (χ1v) is 8.60. The van der Waals surface area contributed by atoms with Crippen LogP contribution in [-0.2, 0) is 0 Å². The quantitative estimate of drug-likeness (QED) is 0.547. The normalized spacial score (nSPS) is 12.6. The SMILES string of the molecule is Cc1c(C(C)Nc2cnc(Cl)c(Br)c2)sc2ccccc12. The van der Waals surface area contributed by atoms with Crippen molar-refractivity contribution in [3.63, 3.8) is 0 Å². The van der Waals surface area contributed by atoms with Gasteiger partial charge < -0.3 is 5.32 Å². The third-order valence-electron chi connectivity index (χ3n) is 3.45. The van der Waals surface area contributed by atoms with Gasteiger partial charge in [-0.25, -0.2) is 4.98 Å². The maximum atomic E-state index is 5.93. The molecule has 0 aliphatic heterocycles. The summed E-state index contributed by atoms with van der Waals surface area (Å²) in [5.74, 6) is 0. The number of rotatable bonds is 3. The van der Waals surface area contributed by atoms with Crippen LogP contribution in [-0.4, -0.2) is 4.98 Å². The number of pyridine rings is 1. The van der Waals surface area contributed by atoms with Gasteiger partial charge in [0.1, 0.15) is 5.15 Å². The van der Waals surface area contributed by atoms with E-state index >= 15 is 0 Å². The number of fused-ring (bicyclic) bond motifs is 1. The van der Waals surface area contributed by atoms with Gasteiger partial charge in [-0.15, -0.1) is 11.3 Å². The van der Waals surface area contributed by atoms with Gasteiger partial charge in [0.15, 0.2) is 0 Å². The molecule has 5 heteroatoms. The molecule has 1 unspecified atom stereocenters. The van der Waals surface area contributed by atoms with Gasteiger partial charge >= 0.3 is 0 Å². The van der Waals surface area contributed by atoms with E-state index in [-0.39, 0.29) is 6.04 Å². The van der Waals surface area contributed by atoms with Gasteiger partial charge in [-0.2, -0.15) is 0 Å². The second-order valence-electron chi connectivity index (χ2n) is 4.95. The molecular weight excluding hydrogens is 368 g/mol. The Morgan fingerprint density at radius 2 is 2.10 bits per heavy atom. The number of thiophene rings is 1. The fourth-order valence-electron chi connectivity index (χ4n) is 2.42. The zero-order valence-electron chi connectivity index (χ0n) is 11.7. The Hall–Kier alpha value is -1.10. The molecule has 1 atom stereocenters. The van der Waals surface area contributed by atoms with Crippen LogP contribution in [0.15, 0.2) is 41.0 Å². The standard InChI is InChI=1S/C16H14BrClN2S/c1-9-12-5-3-4-6-14(12)21-15(9)10(2)20-11-7-13(17)16(18)19-8-11/h3-8,10,20H,1-2H3. The van der Waals surface area contributed by atoms with Crippen LogP contribution in [0.4, 0.5) is 5.69 Å². The summed E-state index contributed by atoms with van der Waals surface area (Å²) in [5, 5.41) is 5.30. The van der Waals surface area contributed by atoms with E-state index in [1.807, 2.05) is 17.4 Å². The van der Waals surface area contributed by atoms with Gasteiger partial charge in [-0.3, -0.25) is 0 Å². The molecule has 1 aromatic carbocycles. The first-order chi connectivity index (χ1) is 10.1. The molecule has 0 radical (unpaired) electrons. The fourth-order valence-corrected chi connectivity index (χ4v) is 4.09. The molecule has 0 saturated heterocycles. The van der Waals surface area contributed by atoms with Gasteiger partial charge in [0.05, 0.1) is 22.4 Å². The predicted octanol–water partition coefficient (Wildman–Crippen LogP) is 6.19. The number of aromatic nitrogens is 1. The van der Waals surface area contributed by atoms with Crippen molar-refractivity contribution in [1.82, 2.24) is 4.98 Å². The molecule has 3 rings (SSSR count). The van der Waals surface area contributed by atoms with Crippen LogP contribution in [0.25, 0.3) is 10.1 Å². The lowest BCUT2D eigenvalue weighted by atomic mass is 10.1. The van der Waals surface area contributed by atoms with Gasteiger partial charge in [0.25, 0.3) is 0 Å². The molecule has 0 bridgehead atoms. The number of aryl methyl sites for hydroxylation is 1. The van der Waals surface area contributed by atoms with Crippen LogP contribution < -0.4 is 5.32 Å². The molecule has 21 heavy (non-hydrogen) atoms. The van der Waals surface area contributed by atoms with E-state index < -0.39 is 0 Å². The van der Waals surface area contributed by atoms with Crippen LogP contribution in [0, 0.1) is 6.92 Å². The molecule has 0 spiro atoms. The molecule has 2 nitrogen and oxygen atoms in total. The zero-order valence-corrected chi connectivity index (χ0v) is 14.8.